The Labute approximate surface area is 125 Å². The number of aryl methyl sites for hydroxylation is 2. The quantitative estimate of drug-likeness (QED) is 0.745. The van der Waals surface area contributed by atoms with Crippen LogP contribution in [0.4, 0.5) is 0 Å². The van der Waals surface area contributed by atoms with Crippen LogP contribution in [0.1, 0.15) is 35.2 Å². The first-order chi connectivity index (χ1) is 10.2. The normalized spacial score (nSPS) is 12.7. The molecule has 0 radical (unpaired) electrons. The molecule has 1 aromatic heterocycles. The minimum Gasteiger partial charge on any atom is -0.464 e. The predicted octanol–water partition coefficient (Wildman–Crippen LogP) is 4.75. The third-order valence-corrected chi connectivity index (χ3v) is 4.09. The third kappa shape index (κ3) is 2.59. The van der Waals surface area contributed by atoms with E-state index in [1.807, 2.05) is 18.4 Å². The fourth-order valence-corrected chi connectivity index (χ4v) is 2.78. The number of hydrogen-bond donors (Lipinski definition) is 1. The maximum absolute atomic E-state index is 5.71. The molecule has 0 aliphatic carbocycles. The van der Waals surface area contributed by atoms with Gasteiger partial charge < -0.3 is 9.73 Å². The Morgan fingerprint density at radius 2 is 1.86 bits per heavy atom. The van der Waals surface area contributed by atoms with Gasteiger partial charge in [0.05, 0.1) is 12.3 Å². The summed E-state index contributed by atoms with van der Waals surface area (Å²) in [5.74, 6) is 0. The van der Waals surface area contributed by atoms with E-state index in [-0.39, 0.29) is 6.04 Å². The zero-order valence-electron chi connectivity index (χ0n) is 12.8. The number of para-hydroxylation sites is 1. The zero-order valence-corrected chi connectivity index (χ0v) is 12.8. The average Bonchev–Trinajstić information content (AvgIpc) is 2.92. The van der Waals surface area contributed by atoms with Crippen molar-refractivity contribution in [2.75, 3.05) is 6.54 Å². The maximum Gasteiger partial charge on any atom is 0.134 e. The van der Waals surface area contributed by atoms with Crippen LogP contribution in [0.2, 0.25) is 0 Å². The minimum atomic E-state index is 0.165. The first-order valence-corrected chi connectivity index (χ1v) is 7.47. The van der Waals surface area contributed by atoms with E-state index in [1.54, 1.807) is 0 Å². The van der Waals surface area contributed by atoms with Gasteiger partial charge in [0.1, 0.15) is 5.58 Å². The average molecular weight is 279 g/mol. The molecule has 3 rings (SSSR count). The summed E-state index contributed by atoms with van der Waals surface area (Å²) >= 11 is 0. The molecule has 0 aliphatic rings. The Bertz CT molecular complexity index is 757. The number of hydrogen-bond acceptors (Lipinski definition) is 2. The molecule has 0 saturated heterocycles. The molecule has 2 aromatic carbocycles. The Morgan fingerprint density at radius 3 is 2.62 bits per heavy atom. The summed E-state index contributed by atoms with van der Waals surface area (Å²) in [6.07, 6.45) is 1.88. The van der Waals surface area contributed by atoms with Crippen LogP contribution in [0.5, 0.6) is 0 Å². The van der Waals surface area contributed by atoms with E-state index in [9.17, 15) is 0 Å². The van der Waals surface area contributed by atoms with Crippen molar-refractivity contribution in [2.45, 2.75) is 26.8 Å². The molecule has 108 valence electrons. The van der Waals surface area contributed by atoms with Gasteiger partial charge in [0.2, 0.25) is 0 Å². The van der Waals surface area contributed by atoms with Gasteiger partial charge in [-0.1, -0.05) is 43.3 Å². The zero-order chi connectivity index (χ0) is 14.8. The summed E-state index contributed by atoms with van der Waals surface area (Å²) in [6, 6.07) is 15.0. The highest BCUT2D eigenvalue weighted by Crippen LogP contribution is 2.31. The van der Waals surface area contributed by atoms with Crippen LogP contribution in [0.15, 0.2) is 53.1 Å². The van der Waals surface area contributed by atoms with Gasteiger partial charge >= 0.3 is 0 Å². The van der Waals surface area contributed by atoms with Crippen molar-refractivity contribution < 1.29 is 4.42 Å². The highest BCUT2D eigenvalue weighted by Gasteiger charge is 2.18. The highest BCUT2D eigenvalue weighted by atomic mass is 16.3. The number of nitrogens with one attached hydrogen (secondary N) is 1. The Morgan fingerprint density at radius 1 is 1.05 bits per heavy atom. The van der Waals surface area contributed by atoms with E-state index in [2.05, 4.69) is 56.4 Å². The van der Waals surface area contributed by atoms with Crippen molar-refractivity contribution in [1.29, 1.82) is 0 Å². The second-order valence-electron chi connectivity index (χ2n) is 5.52. The molecule has 0 aliphatic heterocycles. The predicted molar refractivity (Wildman–Crippen MR) is 87.6 cm³/mol. The summed E-state index contributed by atoms with van der Waals surface area (Å²) in [5, 5.41) is 4.76. The molecule has 1 unspecified atom stereocenters. The second kappa shape index (κ2) is 5.74. The van der Waals surface area contributed by atoms with Gasteiger partial charge in [-0.25, -0.2) is 0 Å². The second-order valence-corrected chi connectivity index (χ2v) is 5.52. The largest absolute Gasteiger partial charge is 0.464 e. The monoisotopic (exact) mass is 279 g/mol. The molecule has 0 amide bonds. The van der Waals surface area contributed by atoms with Gasteiger partial charge in [-0.15, -0.1) is 0 Å². The highest BCUT2D eigenvalue weighted by molar-refractivity contribution is 5.82. The summed E-state index contributed by atoms with van der Waals surface area (Å²) in [7, 11) is 0. The lowest BCUT2D eigenvalue weighted by molar-refractivity contribution is 0.584. The molecule has 0 bridgehead atoms. The first kappa shape index (κ1) is 13.9. The molecule has 0 saturated carbocycles. The van der Waals surface area contributed by atoms with Gasteiger partial charge in [0, 0.05) is 10.9 Å². The number of benzene rings is 2. The Balaban J connectivity index is 2.11. The fourth-order valence-electron chi connectivity index (χ4n) is 2.78. The van der Waals surface area contributed by atoms with Gasteiger partial charge in [-0.2, -0.15) is 0 Å². The van der Waals surface area contributed by atoms with E-state index >= 15 is 0 Å². The summed E-state index contributed by atoms with van der Waals surface area (Å²) in [5.41, 5.74) is 6.08. The van der Waals surface area contributed by atoms with Crippen molar-refractivity contribution in [3.8, 4) is 0 Å². The smallest absolute Gasteiger partial charge is 0.134 e. The number of rotatable bonds is 4. The van der Waals surface area contributed by atoms with Crippen molar-refractivity contribution in [3.63, 3.8) is 0 Å². The van der Waals surface area contributed by atoms with E-state index in [0.717, 1.165) is 12.1 Å². The number of fused-ring (bicyclic) bond motifs is 1. The molecule has 1 atom stereocenters. The van der Waals surface area contributed by atoms with Crippen molar-refractivity contribution in [1.82, 2.24) is 5.32 Å². The first-order valence-electron chi connectivity index (χ1n) is 7.47. The number of furan rings is 1. The van der Waals surface area contributed by atoms with Crippen LogP contribution in [-0.4, -0.2) is 6.54 Å². The van der Waals surface area contributed by atoms with Gasteiger partial charge in [0.25, 0.3) is 0 Å². The lowest BCUT2D eigenvalue weighted by atomic mass is 9.95. The van der Waals surface area contributed by atoms with Crippen LogP contribution < -0.4 is 5.32 Å². The minimum absolute atomic E-state index is 0.165. The lowest BCUT2D eigenvalue weighted by Crippen LogP contribution is -2.21. The van der Waals surface area contributed by atoms with Gasteiger partial charge in [-0.3, -0.25) is 0 Å². The van der Waals surface area contributed by atoms with Crippen LogP contribution in [-0.2, 0) is 0 Å². The topological polar surface area (TPSA) is 25.2 Å². The summed E-state index contributed by atoms with van der Waals surface area (Å²) < 4.78 is 5.71. The molecule has 21 heavy (non-hydrogen) atoms. The van der Waals surface area contributed by atoms with Crippen LogP contribution >= 0.6 is 0 Å². The van der Waals surface area contributed by atoms with Crippen molar-refractivity contribution in [3.05, 3.63) is 71.0 Å². The summed E-state index contributed by atoms with van der Waals surface area (Å²) in [4.78, 5) is 0. The molecular weight excluding hydrogens is 258 g/mol. The van der Waals surface area contributed by atoms with E-state index in [0.29, 0.717) is 0 Å². The molecular formula is C19H21NO. The standard InChI is InChI=1S/C19H21NO/c1-4-20-19(15-10-9-13(2)14(3)11-15)17-12-21-18-8-6-5-7-16(17)18/h5-12,19-20H,4H2,1-3H3. The fraction of sp³-hybridized carbons (Fsp3) is 0.263. The molecule has 0 fully saturated rings. The SMILES string of the molecule is CCNC(c1ccc(C)c(C)c1)c1coc2ccccc12. The van der Waals surface area contributed by atoms with Crippen molar-refractivity contribution >= 4 is 11.0 Å². The Hall–Kier alpha value is -2.06. The summed E-state index contributed by atoms with van der Waals surface area (Å²) in [6.45, 7) is 7.36. The van der Waals surface area contributed by atoms with E-state index < -0.39 is 0 Å². The van der Waals surface area contributed by atoms with E-state index in [1.165, 1.54) is 27.6 Å². The molecule has 1 heterocycles. The molecule has 2 nitrogen and oxygen atoms in total. The molecule has 0 spiro atoms. The van der Waals surface area contributed by atoms with Crippen LogP contribution in [0, 0.1) is 13.8 Å². The van der Waals surface area contributed by atoms with Gasteiger partial charge in [-0.05, 0) is 43.1 Å². The van der Waals surface area contributed by atoms with Gasteiger partial charge in [0.15, 0.2) is 0 Å². The van der Waals surface area contributed by atoms with Crippen molar-refractivity contribution in [2.24, 2.45) is 0 Å². The molecule has 2 heteroatoms. The Kier molecular flexibility index (Phi) is 3.80. The van der Waals surface area contributed by atoms with E-state index in [4.69, 9.17) is 4.42 Å². The maximum atomic E-state index is 5.71. The third-order valence-electron chi connectivity index (χ3n) is 4.09. The molecule has 3 aromatic rings. The van der Waals surface area contributed by atoms with Crippen LogP contribution in [0.25, 0.3) is 11.0 Å². The van der Waals surface area contributed by atoms with Crippen LogP contribution in [0.3, 0.4) is 0 Å². The lowest BCUT2D eigenvalue weighted by Gasteiger charge is -2.18. The molecule has 1 N–H and O–H groups in total.